The number of pyridine rings is 1. The van der Waals surface area contributed by atoms with Crippen LogP contribution in [0.25, 0.3) is 0 Å². The largest absolute Gasteiger partial charge is 0.397 e. The minimum atomic E-state index is -0.321. The maximum atomic E-state index is 12.3. The summed E-state index contributed by atoms with van der Waals surface area (Å²) in [6, 6.07) is 10.5. The molecule has 25 heavy (non-hydrogen) atoms. The average molecular weight is 340 g/mol. The minimum absolute atomic E-state index is 0.0369. The first kappa shape index (κ1) is 18.4. The highest BCUT2D eigenvalue weighted by Crippen LogP contribution is 2.17. The summed E-state index contributed by atoms with van der Waals surface area (Å²) in [6.07, 6.45) is 3.63. The standard InChI is InChI=1S/C19H24N4O2/c1-3-4-11-23(14(2)24)13-15-9-10-18(21-12-15)19(25)22-17-8-6-5-7-16(17)20/h5-10,12H,3-4,11,13,20H2,1-2H3,(H,22,25). The van der Waals surface area contributed by atoms with Gasteiger partial charge in [-0.1, -0.05) is 31.5 Å². The Morgan fingerprint density at radius 2 is 1.96 bits per heavy atom. The second-order valence-electron chi connectivity index (χ2n) is 5.89. The fraction of sp³-hybridized carbons (Fsp3) is 0.316. The van der Waals surface area contributed by atoms with Crippen molar-refractivity contribution in [2.75, 3.05) is 17.6 Å². The summed E-state index contributed by atoms with van der Waals surface area (Å²) in [6.45, 7) is 4.87. The topological polar surface area (TPSA) is 88.3 Å². The highest BCUT2D eigenvalue weighted by Gasteiger charge is 2.12. The van der Waals surface area contributed by atoms with Crippen molar-refractivity contribution < 1.29 is 9.59 Å². The van der Waals surface area contributed by atoms with Crippen molar-refractivity contribution in [3.8, 4) is 0 Å². The second-order valence-corrected chi connectivity index (χ2v) is 5.89. The van der Waals surface area contributed by atoms with E-state index in [0.717, 1.165) is 24.9 Å². The van der Waals surface area contributed by atoms with E-state index in [0.29, 0.717) is 23.6 Å². The SMILES string of the molecule is CCCCN(Cc1ccc(C(=O)Nc2ccccc2N)nc1)C(C)=O. The molecule has 0 saturated heterocycles. The molecule has 2 aromatic rings. The number of rotatable bonds is 7. The number of para-hydroxylation sites is 2. The quantitative estimate of drug-likeness (QED) is 0.758. The van der Waals surface area contributed by atoms with Crippen molar-refractivity contribution in [1.82, 2.24) is 9.88 Å². The number of aromatic nitrogens is 1. The first-order valence-electron chi connectivity index (χ1n) is 8.37. The molecule has 3 N–H and O–H groups in total. The third kappa shape index (κ3) is 5.31. The van der Waals surface area contributed by atoms with Gasteiger partial charge in [-0.2, -0.15) is 0 Å². The van der Waals surface area contributed by atoms with Crippen molar-refractivity contribution >= 4 is 23.2 Å². The van der Waals surface area contributed by atoms with E-state index in [1.54, 1.807) is 48.4 Å². The normalized spacial score (nSPS) is 10.3. The lowest BCUT2D eigenvalue weighted by atomic mass is 10.2. The van der Waals surface area contributed by atoms with Crippen LogP contribution in [0, 0.1) is 0 Å². The van der Waals surface area contributed by atoms with Crippen LogP contribution < -0.4 is 11.1 Å². The lowest BCUT2D eigenvalue weighted by Gasteiger charge is -2.20. The van der Waals surface area contributed by atoms with Crippen LogP contribution in [-0.4, -0.2) is 28.2 Å². The second kappa shape index (κ2) is 8.82. The number of hydrogen-bond donors (Lipinski definition) is 2. The number of benzene rings is 1. The summed E-state index contributed by atoms with van der Waals surface area (Å²) in [5, 5.41) is 2.74. The molecule has 0 aliphatic heterocycles. The number of anilines is 2. The van der Waals surface area contributed by atoms with Gasteiger partial charge in [0.15, 0.2) is 0 Å². The van der Waals surface area contributed by atoms with Crippen LogP contribution in [0.4, 0.5) is 11.4 Å². The van der Waals surface area contributed by atoms with Gasteiger partial charge >= 0.3 is 0 Å². The first-order chi connectivity index (χ1) is 12.0. The molecule has 132 valence electrons. The number of nitrogens with one attached hydrogen (secondary N) is 1. The van der Waals surface area contributed by atoms with Gasteiger partial charge in [-0.15, -0.1) is 0 Å². The van der Waals surface area contributed by atoms with E-state index in [-0.39, 0.29) is 11.8 Å². The van der Waals surface area contributed by atoms with E-state index in [4.69, 9.17) is 5.73 Å². The van der Waals surface area contributed by atoms with E-state index < -0.39 is 0 Å². The van der Waals surface area contributed by atoms with Crippen LogP contribution in [0.15, 0.2) is 42.6 Å². The van der Waals surface area contributed by atoms with Crippen LogP contribution in [0.5, 0.6) is 0 Å². The monoisotopic (exact) mass is 340 g/mol. The Labute approximate surface area is 148 Å². The fourth-order valence-corrected chi connectivity index (χ4v) is 2.37. The summed E-state index contributed by atoms with van der Waals surface area (Å²) >= 11 is 0. The van der Waals surface area contributed by atoms with Gasteiger partial charge in [-0.25, -0.2) is 0 Å². The van der Waals surface area contributed by atoms with Crippen molar-refractivity contribution in [2.45, 2.75) is 33.2 Å². The van der Waals surface area contributed by atoms with Crippen molar-refractivity contribution in [3.05, 3.63) is 53.9 Å². The fourth-order valence-electron chi connectivity index (χ4n) is 2.37. The third-order valence-electron chi connectivity index (χ3n) is 3.87. The molecular weight excluding hydrogens is 316 g/mol. The number of amides is 2. The van der Waals surface area contributed by atoms with Crippen molar-refractivity contribution in [1.29, 1.82) is 0 Å². The minimum Gasteiger partial charge on any atom is -0.397 e. The van der Waals surface area contributed by atoms with E-state index in [2.05, 4.69) is 17.2 Å². The van der Waals surface area contributed by atoms with Crippen LogP contribution in [0.1, 0.15) is 42.7 Å². The molecule has 6 nitrogen and oxygen atoms in total. The Kier molecular flexibility index (Phi) is 6.51. The lowest BCUT2D eigenvalue weighted by molar-refractivity contribution is -0.129. The molecule has 0 spiro atoms. The number of nitrogen functional groups attached to an aromatic ring is 1. The number of carbonyl (C=O) groups is 2. The number of nitrogens with two attached hydrogens (primary N) is 1. The molecule has 1 aromatic carbocycles. The first-order valence-corrected chi connectivity index (χ1v) is 8.37. The van der Waals surface area contributed by atoms with E-state index in [1.165, 1.54) is 0 Å². The van der Waals surface area contributed by atoms with Crippen LogP contribution in [0.3, 0.4) is 0 Å². The maximum Gasteiger partial charge on any atom is 0.274 e. The third-order valence-corrected chi connectivity index (χ3v) is 3.87. The van der Waals surface area contributed by atoms with Crippen LogP contribution in [0.2, 0.25) is 0 Å². The van der Waals surface area contributed by atoms with Gasteiger partial charge in [0, 0.05) is 26.2 Å². The molecule has 0 atom stereocenters. The number of unbranched alkanes of at least 4 members (excludes halogenated alkanes) is 1. The van der Waals surface area contributed by atoms with Crippen molar-refractivity contribution in [3.63, 3.8) is 0 Å². The average Bonchev–Trinajstić information content (AvgIpc) is 2.60. The van der Waals surface area contributed by atoms with Gasteiger partial charge in [-0.3, -0.25) is 14.6 Å². The summed E-state index contributed by atoms with van der Waals surface area (Å²) < 4.78 is 0. The molecule has 0 bridgehead atoms. The number of nitrogens with zero attached hydrogens (tertiary/aromatic N) is 2. The maximum absolute atomic E-state index is 12.3. The molecule has 1 heterocycles. The molecular formula is C19H24N4O2. The summed E-state index contributed by atoms with van der Waals surface area (Å²) in [5.41, 5.74) is 8.07. The molecule has 0 aliphatic rings. The summed E-state index contributed by atoms with van der Waals surface area (Å²) in [5.74, 6) is -0.284. The number of hydrogen-bond acceptors (Lipinski definition) is 4. The highest BCUT2D eigenvalue weighted by atomic mass is 16.2. The molecule has 0 fully saturated rings. The molecule has 0 saturated carbocycles. The van der Waals surface area contributed by atoms with E-state index in [9.17, 15) is 9.59 Å². The van der Waals surface area contributed by atoms with E-state index in [1.807, 2.05) is 6.07 Å². The predicted octanol–water partition coefficient (Wildman–Crippen LogP) is 3.06. The zero-order valence-electron chi connectivity index (χ0n) is 14.7. The van der Waals surface area contributed by atoms with Gasteiger partial charge in [-0.05, 0) is 30.2 Å². The predicted molar refractivity (Wildman–Crippen MR) is 99.0 cm³/mol. The molecule has 0 unspecified atom stereocenters. The molecule has 2 amide bonds. The molecule has 1 aromatic heterocycles. The van der Waals surface area contributed by atoms with Gasteiger partial charge in [0.1, 0.15) is 5.69 Å². The molecule has 0 radical (unpaired) electrons. The number of carbonyl (C=O) groups excluding carboxylic acids is 2. The zero-order valence-corrected chi connectivity index (χ0v) is 14.7. The van der Waals surface area contributed by atoms with Gasteiger partial charge in [0.05, 0.1) is 11.4 Å². The van der Waals surface area contributed by atoms with Crippen LogP contribution >= 0.6 is 0 Å². The molecule has 0 aliphatic carbocycles. The van der Waals surface area contributed by atoms with Gasteiger partial charge in [0.25, 0.3) is 5.91 Å². The Hall–Kier alpha value is -2.89. The zero-order chi connectivity index (χ0) is 18.2. The van der Waals surface area contributed by atoms with Gasteiger partial charge < -0.3 is 16.0 Å². The smallest absolute Gasteiger partial charge is 0.274 e. The molecule has 2 rings (SSSR count). The Balaban J connectivity index is 2.02. The van der Waals surface area contributed by atoms with E-state index >= 15 is 0 Å². The molecule has 6 heteroatoms. The Bertz CT molecular complexity index is 728. The van der Waals surface area contributed by atoms with Gasteiger partial charge in [0.2, 0.25) is 5.91 Å². The van der Waals surface area contributed by atoms with Crippen molar-refractivity contribution in [2.24, 2.45) is 0 Å². The Morgan fingerprint density at radius 1 is 1.20 bits per heavy atom. The summed E-state index contributed by atoms with van der Waals surface area (Å²) in [7, 11) is 0. The highest BCUT2D eigenvalue weighted by molar-refractivity contribution is 6.04. The lowest BCUT2D eigenvalue weighted by Crippen LogP contribution is -2.29. The van der Waals surface area contributed by atoms with Crippen LogP contribution in [-0.2, 0) is 11.3 Å². The Morgan fingerprint density at radius 3 is 2.56 bits per heavy atom. The summed E-state index contributed by atoms with van der Waals surface area (Å²) in [4.78, 5) is 29.9.